The van der Waals surface area contributed by atoms with Gasteiger partial charge in [-0.2, -0.15) is 0 Å². The van der Waals surface area contributed by atoms with Crippen LogP contribution in [0.4, 0.5) is 0 Å². The van der Waals surface area contributed by atoms with Crippen LogP contribution in [0.2, 0.25) is 0 Å². The maximum Gasteiger partial charge on any atom is 0.0306 e. The summed E-state index contributed by atoms with van der Waals surface area (Å²) in [5, 5.41) is 0. The van der Waals surface area contributed by atoms with Gasteiger partial charge >= 0.3 is 0 Å². The summed E-state index contributed by atoms with van der Waals surface area (Å²) in [7, 11) is 0. The first kappa shape index (κ1) is 14.8. The minimum absolute atomic E-state index is 0. The monoisotopic (exact) mass is 246 g/mol. The highest BCUT2D eigenvalue weighted by Crippen LogP contribution is 2.20. The Kier molecular flexibility index (Phi) is 7.88. The maximum atomic E-state index is 5.94. The molecule has 15 heavy (non-hydrogen) atoms. The van der Waals surface area contributed by atoms with E-state index in [2.05, 4.69) is 31.2 Å². The number of nitrogens with two attached hydrogens (primary N) is 2. The lowest BCUT2D eigenvalue weighted by Gasteiger charge is -2.10. The molecule has 0 amide bonds. The molecule has 0 bridgehead atoms. The Balaban J connectivity index is 0.00000196. The van der Waals surface area contributed by atoms with Crippen LogP contribution in [0.1, 0.15) is 24.9 Å². The van der Waals surface area contributed by atoms with E-state index in [1.807, 2.05) is 11.8 Å². The summed E-state index contributed by atoms with van der Waals surface area (Å²) in [5.74, 6) is 1.11. The Hall–Kier alpha value is -0.220. The van der Waals surface area contributed by atoms with E-state index in [-0.39, 0.29) is 18.4 Å². The Bertz CT molecular complexity index is 264. The van der Waals surface area contributed by atoms with Crippen molar-refractivity contribution in [2.24, 2.45) is 11.5 Å². The van der Waals surface area contributed by atoms with Crippen LogP contribution in [0.5, 0.6) is 0 Å². The van der Waals surface area contributed by atoms with E-state index < -0.39 is 0 Å². The van der Waals surface area contributed by atoms with E-state index in [1.54, 1.807) is 0 Å². The SMILES string of the molecule is CCSc1ccc([C@@H](N)CCN)cc1.Cl. The highest BCUT2D eigenvalue weighted by molar-refractivity contribution is 7.99. The van der Waals surface area contributed by atoms with Gasteiger partial charge in [0.1, 0.15) is 0 Å². The largest absolute Gasteiger partial charge is 0.330 e. The summed E-state index contributed by atoms with van der Waals surface area (Å²) in [5.41, 5.74) is 12.6. The van der Waals surface area contributed by atoms with Crippen LogP contribution in [0, 0.1) is 0 Å². The molecular weight excluding hydrogens is 228 g/mol. The number of halogens is 1. The normalized spacial score (nSPS) is 11.9. The molecule has 0 heterocycles. The first-order valence-corrected chi connectivity index (χ1v) is 5.95. The van der Waals surface area contributed by atoms with E-state index in [0.29, 0.717) is 6.54 Å². The van der Waals surface area contributed by atoms with Gasteiger partial charge in [0.25, 0.3) is 0 Å². The molecule has 1 aromatic rings. The molecule has 0 saturated carbocycles. The number of benzene rings is 1. The smallest absolute Gasteiger partial charge is 0.0306 e. The molecule has 86 valence electrons. The van der Waals surface area contributed by atoms with Crippen molar-refractivity contribution < 1.29 is 0 Å². The second-order valence-corrected chi connectivity index (χ2v) is 4.52. The molecule has 4 heteroatoms. The van der Waals surface area contributed by atoms with E-state index in [0.717, 1.165) is 12.2 Å². The summed E-state index contributed by atoms with van der Waals surface area (Å²) in [4.78, 5) is 1.30. The Morgan fingerprint density at radius 2 is 1.87 bits per heavy atom. The van der Waals surface area contributed by atoms with Crippen molar-refractivity contribution in [1.29, 1.82) is 0 Å². The Morgan fingerprint density at radius 1 is 1.27 bits per heavy atom. The molecule has 0 fully saturated rings. The number of hydrogen-bond donors (Lipinski definition) is 2. The predicted molar refractivity (Wildman–Crippen MR) is 70.7 cm³/mol. The highest BCUT2D eigenvalue weighted by Gasteiger charge is 2.03. The molecule has 4 N–H and O–H groups in total. The zero-order valence-corrected chi connectivity index (χ0v) is 10.6. The lowest BCUT2D eigenvalue weighted by Crippen LogP contribution is -2.15. The standard InChI is InChI=1S/C11H18N2S.ClH/c1-2-14-10-5-3-9(4-6-10)11(13)7-8-12;/h3-6,11H,2,7-8,12-13H2,1H3;1H/t11-;/m0./s1. The zero-order chi connectivity index (χ0) is 10.4. The third-order valence-electron chi connectivity index (χ3n) is 2.10. The van der Waals surface area contributed by atoms with Gasteiger partial charge in [-0.3, -0.25) is 0 Å². The number of rotatable bonds is 5. The van der Waals surface area contributed by atoms with Crippen LogP contribution < -0.4 is 11.5 Å². The van der Waals surface area contributed by atoms with Gasteiger partial charge in [0.05, 0.1) is 0 Å². The summed E-state index contributed by atoms with van der Waals surface area (Å²) in [6.07, 6.45) is 0.847. The number of hydrogen-bond acceptors (Lipinski definition) is 3. The third kappa shape index (κ3) is 4.89. The lowest BCUT2D eigenvalue weighted by molar-refractivity contribution is 0.661. The fraction of sp³-hybridized carbons (Fsp3) is 0.455. The van der Waals surface area contributed by atoms with Crippen molar-refractivity contribution in [1.82, 2.24) is 0 Å². The van der Waals surface area contributed by atoms with Crippen LogP contribution in [0.15, 0.2) is 29.2 Å². The molecule has 2 nitrogen and oxygen atoms in total. The van der Waals surface area contributed by atoms with Crippen LogP contribution in [0.3, 0.4) is 0 Å². The molecule has 0 unspecified atom stereocenters. The van der Waals surface area contributed by atoms with E-state index in [4.69, 9.17) is 11.5 Å². The highest BCUT2D eigenvalue weighted by atomic mass is 35.5. The fourth-order valence-corrected chi connectivity index (χ4v) is 1.99. The summed E-state index contributed by atoms with van der Waals surface area (Å²) in [6, 6.07) is 8.52. The zero-order valence-electron chi connectivity index (χ0n) is 8.98. The van der Waals surface area contributed by atoms with E-state index >= 15 is 0 Å². The van der Waals surface area contributed by atoms with Crippen molar-refractivity contribution >= 4 is 24.2 Å². The average Bonchev–Trinajstić information content (AvgIpc) is 2.20. The maximum absolute atomic E-state index is 5.94. The van der Waals surface area contributed by atoms with Crippen molar-refractivity contribution in [2.75, 3.05) is 12.3 Å². The molecule has 1 rings (SSSR count). The van der Waals surface area contributed by atoms with Crippen LogP contribution in [0.25, 0.3) is 0 Å². The minimum Gasteiger partial charge on any atom is -0.330 e. The molecule has 1 aromatic carbocycles. The predicted octanol–water partition coefficient (Wildman–Crippen LogP) is 2.57. The van der Waals surface area contributed by atoms with Gasteiger partial charge in [0.2, 0.25) is 0 Å². The van der Waals surface area contributed by atoms with Gasteiger partial charge in [-0.05, 0) is 36.4 Å². The summed E-state index contributed by atoms with van der Waals surface area (Å²) in [6.45, 7) is 2.80. The van der Waals surface area contributed by atoms with Crippen molar-refractivity contribution in [3.05, 3.63) is 29.8 Å². The molecule has 0 radical (unpaired) electrons. The summed E-state index contributed by atoms with van der Waals surface area (Å²) >= 11 is 1.84. The molecule has 0 spiro atoms. The molecule has 1 atom stereocenters. The van der Waals surface area contributed by atoms with Crippen molar-refractivity contribution in [2.45, 2.75) is 24.3 Å². The van der Waals surface area contributed by atoms with Crippen molar-refractivity contribution in [3.63, 3.8) is 0 Å². The van der Waals surface area contributed by atoms with Gasteiger partial charge in [0, 0.05) is 10.9 Å². The van der Waals surface area contributed by atoms with E-state index in [9.17, 15) is 0 Å². The Morgan fingerprint density at radius 3 is 2.33 bits per heavy atom. The Labute approximate surface area is 102 Å². The first-order valence-electron chi connectivity index (χ1n) is 4.96. The molecule has 0 aliphatic heterocycles. The first-order chi connectivity index (χ1) is 6.77. The molecule has 0 aromatic heterocycles. The van der Waals surface area contributed by atoms with E-state index in [1.165, 1.54) is 10.5 Å². The second kappa shape index (κ2) is 7.99. The molecule has 0 saturated heterocycles. The van der Waals surface area contributed by atoms with Gasteiger partial charge in [-0.25, -0.2) is 0 Å². The third-order valence-corrected chi connectivity index (χ3v) is 2.99. The molecule has 0 aliphatic carbocycles. The van der Waals surface area contributed by atoms with Gasteiger partial charge in [0.15, 0.2) is 0 Å². The van der Waals surface area contributed by atoms with Crippen LogP contribution >= 0.6 is 24.2 Å². The molecular formula is C11H19ClN2S. The van der Waals surface area contributed by atoms with Crippen molar-refractivity contribution in [3.8, 4) is 0 Å². The van der Waals surface area contributed by atoms with Gasteiger partial charge in [-0.15, -0.1) is 24.2 Å². The number of thioether (sulfide) groups is 1. The fourth-order valence-electron chi connectivity index (χ4n) is 1.32. The lowest BCUT2D eigenvalue weighted by atomic mass is 10.1. The van der Waals surface area contributed by atoms with Gasteiger partial charge < -0.3 is 11.5 Å². The average molecular weight is 247 g/mol. The minimum atomic E-state index is 0. The molecule has 0 aliphatic rings. The second-order valence-electron chi connectivity index (χ2n) is 3.19. The summed E-state index contributed by atoms with van der Waals surface area (Å²) < 4.78 is 0. The quantitative estimate of drug-likeness (QED) is 0.786. The topological polar surface area (TPSA) is 52.0 Å². The van der Waals surface area contributed by atoms with Gasteiger partial charge in [-0.1, -0.05) is 19.1 Å². The van der Waals surface area contributed by atoms with Crippen LogP contribution in [-0.2, 0) is 0 Å². The van der Waals surface area contributed by atoms with Crippen LogP contribution in [-0.4, -0.2) is 12.3 Å².